The predicted octanol–water partition coefficient (Wildman–Crippen LogP) is 3.56. The van der Waals surface area contributed by atoms with Crippen LogP contribution in [0.15, 0.2) is 60.7 Å². The average molecular weight is 374 g/mol. The molecule has 140 valence electrons. The van der Waals surface area contributed by atoms with E-state index in [2.05, 4.69) is 0 Å². The molecule has 4 rings (SSSR count). The van der Waals surface area contributed by atoms with Crippen LogP contribution in [0.3, 0.4) is 0 Å². The van der Waals surface area contributed by atoms with Crippen molar-refractivity contribution < 1.29 is 24.2 Å². The number of ketones is 2. The Bertz CT molecular complexity index is 1090. The van der Waals surface area contributed by atoms with Crippen LogP contribution in [0.25, 0.3) is 0 Å². The molecule has 1 N–H and O–H groups in total. The smallest absolute Gasteiger partial charge is 0.198 e. The van der Waals surface area contributed by atoms with Crippen molar-refractivity contribution in [2.75, 3.05) is 14.2 Å². The number of fused-ring (bicyclic) bond motifs is 2. The van der Waals surface area contributed by atoms with E-state index in [1.807, 2.05) is 18.2 Å². The Morgan fingerprint density at radius 1 is 0.786 bits per heavy atom. The summed E-state index contributed by atoms with van der Waals surface area (Å²) in [6, 6.07) is 17.2. The maximum absolute atomic E-state index is 13.2. The number of carbonyl (C=O) groups excluding carboxylic acids is 2. The van der Waals surface area contributed by atoms with Crippen LogP contribution in [0.1, 0.15) is 49.1 Å². The predicted molar refractivity (Wildman–Crippen MR) is 103 cm³/mol. The van der Waals surface area contributed by atoms with E-state index >= 15 is 0 Å². The van der Waals surface area contributed by atoms with E-state index in [0.29, 0.717) is 22.3 Å². The van der Waals surface area contributed by atoms with Crippen LogP contribution in [0, 0.1) is 0 Å². The molecule has 1 unspecified atom stereocenters. The lowest BCUT2D eigenvalue weighted by Crippen LogP contribution is -2.23. The minimum absolute atomic E-state index is 0.121. The summed E-state index contributed by atoms with van der Waals surface area (Å²) >= 11 is 0. The fourth-order valence-electron chi connectivity index (χ4n) is 3.65. The second kappa shape index (κ2) is 6.94. The second-order valence-corrected chi connectivity index (χ2v) is 6.47. The Balaban J connectivity index is 2.00. The monoisotopic (exact) mass is 374 g/mol. The van der Waals surface area contributed by atoms with Crippen molar-refractivity contribution in [3.8, 4) is 11.5 Å². The third-order valence-electron chi connectivity index (χ3n) is 4.98. The third kappa shape index (κ3) is 2.60. The fraction of sp³-hybridized carbons (Fsp3) is 0.130. The number of carbonyl (C=O) groups is 2. The molecular formula is C23H18O5. The van der Waals surface area contributed by atoms with Crippen molar-refractivity contribution in [3.05, 3.63) is 94.0 Å². The number of methoxy groups -OCH3 is 2. The summed E-state index contributed by atoms with van der Waals surface area (Å²) in [5.74, 6) is -0.225. The van der Waals surface area contributed by atoms with Gasteiger partial charge in [-0.3, -0.25) is 9.59 Å². The summed E-state index contributed by atoms with van der Waals surface area (Å²) in [5, 5.41) is 10.9. The topological polar surface area (TPSA) is 72.8 Å². The number of aliphatic hydroxyl groups is 1. The van der Waals surface area contributed by atoms with Crippen LogP contribution >= 0.6 is 0 Å². The van der Waals surface area contributed by atoms with Gasteiger partial charge in [-0.25, -0.2) is 0 Å². The van der Waals surface area contributed by atoms with Crippen LogP contribution in [0.5, 0.6) is 11.5 Å². The SMILES string of the molecule is COc1cc(C(O)c2ccccc2)c(OC)c2c1C(=O)c1ccccc1C2=O. The fourth-order valence-corrected chi connectivity index (χ4v) is 3.65. The number of aliphatic hydroxyl groups excluding tert-OH is 1. The molecule has 0 aromatic heterocycles. The van der Waals surface area contributed by atoms with Gasteiger partial charge in [-0.15, -0.1) is 0 Å². The van der Waals surface area contributed by atoms with E-state index in [1.165, 1.54) is 14.2 Å². The number of rotatable bonds is 4. The van der Waals surface area contributed by atoms with Crippen molar-refractivity contribution >= 4 is 11.6 Å². The number of ether oxygens (including phenoxy) is 2. The highest BCUT2D eigenvalue weighted by atomic mass is 16.5. The first-order valence-corrected chi connectivity index (χ1v) is 8.78. The average Bonchev–Trinajstić information content (AvgIpc) is 2.76. The highest BCUT2D eigenvalue weighted by Crippen LogP contribution is 2.43. The quantitative estimate of drug-likeness (QED) is 0.591. The van der Waals surface area contributed by atoms with Crippen LogP contribution in [0.4, 0.5) is 0 Å². The minimum Gasteiger partial charge on any atom is -0.496 e. The molecule has 0 bridgehead atoms. The summed E-state index contributed by atoms with van der Waals surface area (Å²) in [7, 11) is 2.85. The number of hydrogen-bond donors (Lipinski definition) is 1. The Labute approximate surface area is 162 Å². The summed E-state index contributed by atoms with van der Waals surface area (Å²) < 4.78 is 11.0. The van der Waals surface area contributed by atoms with Crippen molar-refractivity contribution in [3.63, 3.8) is 0 Å². The molecule has 5 nitrogen and oxygen atoms in total. The Hall–Kier alpha value is -3.44. The zero-order valence-electron chi connectivity index (χ0n) is 15.4. The summed E-state index contributed by atoms with van der Waals surface area (Å²) in [4.78, 5) is 26.3. The van der Waals surface area contributed by atoms with Crippen LogP contribution in [0.2, 0.25) is 0 Å². The zero-order valence-corrected chi connectivity index (χ0v) is 15.4. The van der Waals surface area contributed by atoms with E-state index in [4.69, 9.17) is 9.47 Å². The highest BCUT2D eigenvalue weighted by Gasteiger charge is 2.37. The first-order valence-electron chi connectivity index (χ1n) is 8.78. The molecular weight excluding hydrogens is 356 g/mol. The maximum atomic E-state index is 13.2. The van der Waals surface area contributed by atoms with E-state index in [0.717, 1.165) is 0 Å². The molecule has 28 heavy (non-hydrogen) atoms. The Kier molecular flexibility index (Phi) is 4.45. The first-order chi connectivity index (χ1) is 13.6. The van der Waals surface area contributed by atoms with Gasteiger partial charge in [-0.1, -0.05) is 54.6 Å². The van der Waals surface area contributed by atoms with Crippen molar-refractivity contribution in [1.29, 1.82) is 0 Å². The molecule has 1 aliphatic rings. The van der Waals surface area contributed by atoms with Gasteiger partial charge < -0.3 is 14.6 Å². The molecule has 0 spiro atoms. The molecule has 1 aliphatic carbocycles. The standard InChI is InChI=1S/C23H18O5/c1-27-17-12-16(20(24)13-8-4-3-5-9-13)23(28-2)19-18(17)21(25)14-10-6-7-11-15(14)22(19)26/h3-12,20,24H,1-2H3. The maximum Gasteiger partial charge on any atom is 0.198 e. The summed E-state index contributed by atoms with van der Waals surface area (Å²) in [5.41, 5.74) is 1.92. The first kappa shape index (κ1) is 17.9. The van der Waals surface area contributed by atoms with Crippen LogP contribution in [-0.4, -0.2) is 30.9 Å². The Morgan fingerprint density at radius 3 is 1.93 bits per heavy atom. The van der Waals surface area contributed by atoms with E-state index < -0.39 is 6.10 Å². The molecule has 0 amide bonds. The molecule has 0 heterocycles. The molecule has 0 saturated heterocycles. The van der Waals surface area contributed by atoms with Gasteiger partial charge in [0.25, 0.3) is 0 Å². The summed E-state index contributed by atoms with van der Waals surface area (Å²) in [6.45, 7) is 0. The zero-order chi connectivity index (χ0) is 19.8. The summed E-state index contributed by atoms with van der Waals surface area (Å²) in [6.07, 6.45) is -1.05. The van der Waals surface area contributed by atoms with Crippen molar-refractivity contribution in [2.45, 2.75) is 6.10 Å². The minimum atomic E-state index is -1.05. The highest BCUT2D eigenvalue weighted by molar-refractivity contribution is 6.30. The van der Waals surface area contributed by atoms with Crippen molar-refractivity contribution in [1.82, 2.24) is 0 Å². The normalized spacial score (nSPS) is 13.5. The lowest BCUT2D eigenvalue weighted by atomic mass is 9.81. The van der Waals surface area contributed by atoms with Gasteiger partial charge in [-0.2, -0.15) is 0 Å². The van der Waals surface area contributed by atoms with Gasteiger partial charge in [0, 0.05) is 16.7 Å². The van der Waals surface area contributed by atoms with Gasteiger partial charge in [0.05, 0.1) is 25.3 Å². The molecule has 1 atom stereocenters. The lowest BCUT2D eigenvalue weighted by molar-refractivity contribution is 0.0973. The molecule has 0 aliphatic heterocycles. The molecule has 5 heteroatoms. The third-order valence-corrected chi connectivity index (χ3v) is 4.98. The second-order valence-electron chi connectivity index (χ2n) is 6.47. The molecule has 0 radical (unpaired) electrons. The van der Waals surface area contributed by atoms with Gasteiger partial charge in [0.15, 0.2) is 11.6 Å². The molecule has 3 aromatic rings. The largest absolute Gasteiger partial charge is 0.496 e. The molecule has 0 fully saturated rings. The van der Waals surface area contributed by atoms with E-state index in [1.54, 1.807) is 42.5 Å². The number of hydrogen-bond acceptors (Lipinski definition) is 5. The van der Waals surface area contributed by atoms with E-state index in [9.17, 15) is 14.7 Å². The Morgan fingerprint density at radius 2 is 1.36 bits per heavy atom. The molecule has 3 aromatic carbocycles. The van der Waals surface area contributed by atoms with Crippen LogP contribution in [-0.2, 0) is 0 Å². The van der Waals surface area contributed by atoms with Crippen LogP contribution < -0.4 is 9.47 Å². The van der Waals surface area contributed by atoms with E-state index in [-0.39, 0.29) is 34.2 Å². The molecule has 0 saturated carbocycles. The number of benzene rings is 3. The van der Waals surface area contributed by atoms with Gasteiger partial charge >= 0.3 is 0 Å². The van der Waals surface area contributed by atoms with Gasteiger partial charge in [-0.05, 0) is 11.6 Å². The van der Waals surface area contributed by atoms with Gasteiger partial charge in [0.1, 0.15) is 17.6 Å². The lowest BCUT2D eigenvalue weighted by Gasteiger charge is -2.25. The van der Waals surface area contributed by atoms with Crippen molar-refractivity contribution in [2.24, 2.45) is 0 Å². The van der Waals surface area contributed by atoms with Gasteiger partial charge in [0.2, 0.25) is 0 Å².